The Bertz CT molecular complexity index is 884. The Labute approximate surface area is 166 Å². The first-order chi connectivity index (χ1) is 13.8. The highest BCUT2D eigenvalue weighted by atomic mass is 16.6. The highest BCUT2D eigenvalue weighted by Crippen LogP contribution is 2.39. The first kappa shape index (κ1) is 20.3. The third-order valence-electron chi connectivity index (χ3n) is 5.03. The van der Waals surface area contributed by atoms with Gasteiger partial charge in [0.1, 0.15) is 12.1 Å². The quantitative estimate of drug-likeness (QED) is 0.555. The van der Waals surface area contributed by atoms with Crippen molar-refractivity contribution in [2.75, 3.05) is 13.7 Å². The van der Waals surface area contributed by atoms with Gasteiger partial charge in [0.05, 0.1) is 7.11 Å². The molecule has 2 aliphatic rings. The van der Waals surface area contributed by atoms with Gasteiger partial charge in [-0.15, -0.1) is 0 Å². The van der Waals surface area contributed by atoms with E-state index in [1.807, 2.05) is 17.4 Å². The van der Waals surface area contributed by atoms with Crippen LogP contribution >= 0.6 is 0 Å². The molecule has 1 aromatic carbocycles. The lowest BCUT2D eigenvalue weighted by Gasteiger charge is -2.33. The number of amides is 5. The Hall–Kier alpha value is -3.43. The predicted octanol–water partition coefficient (Wildman–Crippen LogP) is 0.584. The number of urea groups is 1. The maximum atomic E-state index is 13.1. The lowest BCUT2D eigenvalue weighted by atomic mass is 9.76. The Morgan fingerprint density at radius 1 is 1.28 bits per heavy atom. The molecule has 1 saturated heterocycles. The fourth-order valence-corrected chi connectivity index (χ4v) is 3.63. The fourth-order valence-electron chi connectivity index (χ4n) is 3.63. The van der Waals surface area contributed by atoms with Gasteiger partial charge in [-0.3, -0.25) is 24.6 Å². The van der Waals surface area contributed by atoms with E-state index in [9.17, 15) is 24.0 Å². The SMILES string of the molecule is COC(=O)NC(=O)[C@H](C)OC(=O)CN1C(=O)N[C@]2(CCCc3ccccc32)C1=O. The summed E-state index contributed by atoms with van der Waals surface area (Å²) in [7, 11) is 1.08. The van der Waals surface area contributed by atoms with Crippen LogP contribution in [-0.4, -0.2) is 54.6 Å². The van der Waals surface area contributed by atoms with Crippen molar-refractivity contribution >= 4 is 29.9 Å². The van der Waals surface area contributed by atoms with Crippen molar-refractivity contribution in [2.24, 2.45) is 0 Å². The van der Waals surface area contributed by atoms with E-state index < -0.39 is 48.1 Å². The number of imide groups is 2. The minimum atomic E-state index is -1.31. The Morgan fingerprint density at radius 2 is 2.00 bits per heavy atom. The van der Waals surface area contributed by atoms with Crippen LogP contribution in [0.2, 0.25) is 0 Å². The van der Waals surface area contributed by atoms with Gasteiger partial charge in [0.15, 0.2) is 6.10 Å². The smallest absolute Gasteiger partial charge is 0.413 e. The predicted molar refractivity (Wildman–Crippen MR) is 97.4 cm³/mol. The molecule has 0 saturated carbocycles. The molecule has 1 spiro atoms. The number of carbonyl (C=O) groups is 5. The molecular weight excluding hydrogens is 382 g/mol. The average molecular weight is 403 g/mol. The number of nitrogens with one attached hydrogen (secondary N) is 2. The van der Waals surface area contributed by atoms with Crippen molar-refractivity contribution in [1.82, 2.24) is 15.5 Å². The van der Waals surface area contributed by atoms with Crippen LogP contribution < -0.4 is 10.6 Å². The molecule has 5 amide bonds. The normalized spacial score (nSPS) is 21.2. The van der Waals surface area contributed by atoms with E-state index in [-0.39, 0.29) is 0 Å². The summed E-state index contributed by atoms with van der Waals surface area (Å²) >= 11 is 0. The van der Waals surface area contributed by atoms with Gasteiger partial charge < -0.3 is 14.8 Å². The number of fused-ring (bicyclic) bond motifs is 2. The van der Waals surface area contributed by atoms with Crippen LogP contribution in [0.5, 0.6) is 0 Å². The van der Waals surface area contributed by atoms with Crippen molar-refractivity contribution in [1.29, 1.82) is 0 Å². The van der Waals surface area contributed by atoms with E-state index in [1.165, 1.54) is 6.92 Å². The number of hydrogen-bond donors (Lipinski definition) is 2. The molecule has 1 aliphatic carbocycles. The number of ether oxygens (including phenoxy) is 2. The van der Waals surface area contributed by atoms with Crippen molar-refractivity contribution in [3.63, 3.8) is 0 Å². The second-order valence-corrected chi connectivity index (χ2v) is 6.85. The molecule has 1 aliphatic heterocycles. The van der Waals surface area contributed by atoms with E-state index in [0.29, 0.717) is 12.8 Å². The van der Waals surface area contributed by atoms with Crippen molar-refractivity contribution in [3.8, 4) is 0 Å². The van der Waals surface area contributed by atoms with E-state index in [0.717, 1.165) is 29.6 Å². The van der Waals surface area contributed by atoms with Gasteiger partial charge in [0.25, 0.3) is 11.8 Å². The van der Waals surface area contributed by atoms with Crippen LogP contribution in [0.15, 0.2) is 24.3 Å². The Kier molecular flexibility index (Phi) is 5.53. The first-order valence-corrected chi connectivity index (χ1v) is 9.09. The van der Waals surface area contributed by atoms with Crippen LogP contribution in [-0.2, 0) is 35.8 Å². The first-order valence-electron chi connectivity index (χ1n) is 9.09. The standard InChI is InChI=1S/C19H21N3O7/c1-11(15(24)20-18(27)28-2)29-14(23)10-22-16(25)19(21-17(22)26)9-5-7-12-6-3-4-8-13(12)19/h3-4,6,8,11H,5,7,9-10H2,1-2H3,(H,21,26)(H,20,24,27)/t11-,19-/m0/s1. The summed E-state index contributed by atoms with van der Waals surface area (Å²) in [6.07, 6.45) is -0.364. The zero-order valence-electron chi connectivity index (χ0n) is 16.0. The second kappa shape index (κ2) is 7.90. The van der Waals surface area contributed by atoms with Crippen LogP contribution in [0.1, 0.15) is 30.9 Å². The minimum Gasteiger partial charge on any atom is -0.453 e. The number of rotatable bonds is 4. The van der Waals surface area contributed by atoms with Crippen LogP contribution in [0, 0.1) is 0 Å². The lowest BCUT2D eigenvalue weighted by Crippen LogP contribution is -2.47. The number of hydrogen-bond acceptors (Lipinski definition) is 7. The average Bonchev–Trinajstić information content (AvgIpc) is 2.92. The molecule has 2 atom stereocenters. The van der Waals surface area contributed by atoms with Crippen LogP contribution in [0.3, 0.4) is 0 Å². The molecule has 0 bridgehead atoms. The summed E-state index contributed by atoms with van der Waals surface area (Å²) in [4.78, 5) is 61.3. The second-order valence-electron chi connectivity index (χ2n) is 6.85. The Balaban J connectivity index is 1.69. The molecule has 1 heterocycles. The van der Waals surface area contributed by atoms with Crippen LogP contribution in [0.25, 0.3) is 0 Å². The maximum Gasteiger partial charge on any atom is 0.413 e. The lowest BCUT2D eigenvalue weighted by molar-refractivity contribution is -0.156. The number of alkyl carbamates (subject to hydrolysis) is 1. The number of aryl methyl sites for hydroxylation is 1. The van der Waals surface area contributed by atoms with Gasteiger partial charge in [-0.25, -0.2) is 9.59 Å². The number of esters is 1. The van der Waals surface area contributed by atoms with Gasteiger partial charge in [-0.05, 0) is 37.3 Å². The molecule has 10 heteroatoms. The molecular formula is C19H21N3O7. The largest absolute Gasteiger partial charge is 0.453 e. The Morgan fingerprint density at radius 3 is 2.72 bits per heavy atom. The van der Waals surface area contributed by atoms with E-state index in [2.05, 4.69) is 10.1 Å². The van der Waals surface area contributed by atoms with E-state index in [4.69, 9.17) is 4.74 Å². The summed E-state index contributed by atoms with van der Waals surface area (Å²) in [6, 6.07) is 6.68. The van der Waals surface area contributed by atoms with Gasteiger partial charge in [0.2, 0.25) is 0 Å². The van der Waals surface area contributed by atoms with Crippen molar-refractivity contribution < 1.29 is 33.4 Å². The van der Waals surface area contributed by atoms with Crippen molar-refractivity contribution in [3.05, 3.63) is 35.4 Å². The summed E-state index contributed by atoms with van der Waals surface area (Å²) in [5.74, 6) is -2.37. The zero-order valence-corrected chi connectivity index (χ0v) is 16.0. The van der Waals surface area contributed by atoms with Gasteiger partial charge in [-0.1, -0.05) is 24.3 Å². The summed E-state index contributed by atoms with van der Waals surface area (Å²) < 4.78 is 9.22. The van der Waals surface area contributed by atoms with E-state index in [1.54, 1.807) is 12.1 Å². The molecule has 3 rings (SSSR count). The summed E-state index contributed by atoms with van der Waals surface area (Å²) in [5.41, 5.74) is 0.510. The molecule has 154 valence electrons. The molecule has 2 N–H and O–H groups in total. The summed E-state index contributed by atoms with van der Waals surface area (Å²) in [5, 5.41) is 4.60. The van der Waals surface area contributed by atoms with Gasteiger partial charge in [0, 0.05) is 0 Å². The monoisotopic (exact) mass is 403 g/mol. The third-order valence-corrected chi connectivity index (χ3v) is 5.03. The molecule has 1 aromatic rings. The highest BCUT2D eigenvalue weighted by molar-refractivity contribution is 6.09. The zero-order chi connectivity index (χ0) is 21.2. The summed E-state index contributed by atoms with van der Waals surface area (Å²) in [6.45, 7) is 0.603. The molecule has 0 radical (unpaired) electrons. The molecule has 29 heavy (non-hydrogen) atoms. The third kappa shape index (κ3) is 3.78. The van der Waals surface area contributed by atoms with Gasteiger partial charge >= 0.3 is 18.1 Å². The number of methoxy groups -OCH3 is 1. The fraction of sp³-hybridized carbons (Fsp3) is 0.421. The number of carbonyl (C=O) groups excluding carboxylic acids is 5. The molecule has 10 nitrogen and oxygen atoms in total. The molecule has 1 fully saturated rings. The number of nitrogens with zero attached hydrogens (tertiary/aromatic N) is 1. The topological polar surface area (TPSA) is 131 Å². The van der Waals surface area contributed by atoms with Gasteiger partial charge in [-0.2, -0.15) is 0 Å². The van der Waals surface area contributed by atoms with Crippen molar-refractivity contribution in [2.45, 2.75) is 37.8 Å². The van der Waals surface area contributed by atoms with E-state index >= 15 is 0 Å². The molecule has 0 aromatic heterocycles. The highest BCUT2D eigenvalue weighted by Gasteiger charge is 2.54. The minimum absolute atomic E-state index is 0.429. The number of benzene rings is 1. The van der Waals surface area contributed by atoms with Crippen LogP contribution in [0.4, 0.5) is 9.59 Å². The molecule has 0 unspecified atom stereocenters. The maximum absolute atomic E-state index is 13.1.